The molecule has 5 nitrogen and oxygen atoms in total. The van der Waals surface area contributed by atoms with E-state index in [1.807, 2.05) is 30.3 Å². The minimum atomic E-state index is -0.355. The molecule has 0 saturated carbocycles. The van der Waals surface area contributed by atoms with Crippen molar-refractivity contribution in [1.29, 1.82) is 0 Å². The first-order valence-electron chi connectivity index (χ1n) is 7.71. The van der Waals surface area contributed by atoms with Gasteiger partial charge in [0.2, 0.25) is 0 Å². The smallest absolute Gasteiger partial charge is 0.308 e. The van der Waals surface area contributed by atoms with Crippen LogP contribution in [0, 0.1) is 0 Å². The zero-order valence-corrected chi connectivity index (χ0v) is 14.0. The molecule has 0 radical (unpaired) electrons. The molecule has 0 N–H and O–H groups in total. The maximum absolute atomic E-state index is 11.4. The highest BCUT2D eigenvalue weighted by Crippen LogP contribution is 2.35. The highest BCUT2D eigenvalue weighted by molar-refractivity contribution is 6.16. The first-order chi connectivity index (χ1) is 11.6. The van der Waals surface area contributed by atoms with Crippen molar-refractivity contribution < 1.29 is 19.0 Å². The van der Waals surface area contributed by atoms with Gasteiger partial charge in [0.1, 0.15) is 5.75 Å². The van der Waals surface area contributed by atoms with E-state index in [2.05, 4.69) is 4.99 Å². The topological polar surface area (TPSA) is 57.1 Å². The maximum Gasteiger partial charge on any atom is 0.308 e. The van der Waals surface area contributed by atoms with Crippen molar-refractivity contribution in [1.82, 2.24) is 0 Å². The summed E-state index contributed by atoms with van der Waals surface area (Å²) >= 11 is 0. The van der Waals surface area contributed by atoms with Crippen LogP contribution in [-0.2, 0) is 11.2 Å². The minimum absolute atomic E-state index is 0.355. The third-order valence-electron chi connectivity index (χ3n) is 3.91. The van der Waals surface area contributed by atoms with E-state index in [4.69, 9.17) is 14.2 Å². The Kier molecular flexibility index (Phi) is 4.51. The molecule has 0 saturated heterocycles. The minimum Gasteiger partial charge on any atom is -0.493 e. The van der Waals surface area contributed by atoms with Crippen LogP contribution >= 0.6 is 0 Å². The van der Waals surface area contributed by atoms with Gasteiger partial charge in [0.15, 0.2) is 11.5 Å². The second kappa shape index (κ2) is 6.74. The number of carbonyl (C=O) groups is 1. The number of hydrogen-bond donors (Lipinski definition) is 0. The van der Waals surface area contributed by atoms with Crippen molar-refractivity contribution in [2.75, 3.05) is 20.8 Å². The van der Waals surface area contributed by atoms with E-state index in [0.717, 1.165) is 28.8 Å². The van der Waals surface area contributed by atoms with Crippen molar-refractivity contribution in [2.24, 2.45) is 4.99 Å². The zero-order valence-electron chi connectivity index (χ0n) is 14.0. The lowest BCUT2D eigenvalue weighted by Crippen LogP contribution is -2.16. The number of fused-ring (bicyclic) bond motifs is 1. The highest BCUT2D eigenvalue weighted by Gasteiger charge is 2.22. The number of carbonyl (C=O) groups excluding carboxylic acids is 1. The van der Waals surface area contributed by atoms with Gasteiger partial charge < -0.3 is 14.2 Å². The van der Waals surface area contributed by atoms with Gasteiger partial charge in [0.25, 0.3) is 0 Å². The number of hydrogen-bond acceptors (Lipinski definition) is 5. The number of methoxy groups -OCH3 is 2. The summed E-state index contributed by atoms with van der Waals surface area (Å²) in [6.07, 6.45) is 0.828. The molecule has 0 unspecified atom stereocenters. The molecule has 0 fully saturated rings. The molecule has 0 aliphatic carbocycles. The van der Waals surface area contributed by atoms with Crippen LogP contribution in [0.25, 0.3) is 0 Å². The lowest BCUT2D eigenvalue weighted by molar-refractivity contribution is -0.131. The molecule has 2 aromatic carbocycles. The average Bonchev–Trinajstić information content (AvgIpc) is 2.60. The fourth-order valence-corrected chi connectivity index (χ4v) is 2.86. The fraction of sp³-hybridized carbons (Fsp3) is 0.263. The molecule has 1 aliphatic heterocycles. The predicted octanol–water partition coefficient (Wildman–Crippen LogP) is 3.02. The zero-order chi connectivity index (χ0) is 17.1. The molecular formula is C19H19NO4. The molecule has 24 heavy (non-hydrogen) atoms. The molecule has 0 amide bonds. The van der Waals surface area contributed by atoms with Gasteiger partial charge in [-0.2, -0.15) is 0 Å². The second-order valence-corrected chi connectivity index (χ2v) is 5.43. The van der Waals surface area contributed by atoms with Crippen LogP contribution in [0.1, 0.15) is 23.6 Å². The molecule has 0 bridgehead atoms. The Labute approximate surface area is 140 Å². The van der Waals surface area contributed by atoms with Crippen LogP contribution in [0.15, 0.2) is 41.4 Å². The molecule has 3 rings (SSSR count). The number of nitrogens with zero attached hydrogens (tertiary/aromatic N) is 1. The molecule has 0 spiro atoms. The van der Waals surface area contributed by atoms with Gasteiger partial charge in [-0.15, -0.1) is 0 Å². The molecule has 0 atom stereocenters. The van der Waals surface area contributed by atoms with Crippen molar-refractivity contribution in [2.45, 2.75) is 13.3 Å². The number of benzene rings is 2. The third-order valence-corrected chi connectivity index (χ3v) is 3.91. The summed E-state index contributed by atoms with van der Waals surface area (Å²) in [5.74, 6) is 1.50. The van der Waals surface area contributed by atoms with Crippen molar-refractivity contribution in [3.05, 3.63) is 53.1 Å². The van der Waals surface area contributed by atoms with Crippen LogP contribution in [0.5, 0.6) is 17.2 Å². The largest absolute Gasteiger partial charge is 0.493 e. The van der Waals surface area contributed by atoms with Gasteiger partial charge in [0.05, 0.1) is 19.9 Å². The van der Waals surface area contributed by atoms with E-state index in [1.165, 1.54) is 6.92 Å². The van der Waals surface area contributed by atoms with Gasteiger partial charge in [-0.25, -0.2) is 0 Å². The van der Waals surface area contributed by atoms with Crippen LogP contribution < -0.4 is 14.2 Å². The van der Waals surface area contributed by atoms with E-state index < -0.39 is 0 Å². The first-order valence-corrected chi connectivity index (χ1v) is 7.71. The highest BCUT2D eigenvalue weighted by atomic mass is 16.5. The van der Waals surface area contributed by atoms with Gasteiger partial charge in [-0.1, -0.05) is 12.1 Å². The summed E-state index contributed by atoms with van der Waals surface area (Å²) in [4.78, 5) is 16.0. The molecule has 5 heteroatoms. The number of rotatable bonds is 4. The second-order valence-electron chi connectivity index (χ2n) is 5.43. The Morgan fingerprint density at radius 3 is 2.42 bits per heavy atom. The van der Waals surface area contributed by atoms with Gasteiger partial charge >= 0.3 is 5.97 Å². The molecule has 0 aromatic heterocycles. The molecule has 1 heterocycles. The molecular weight excluding hydrogens is 306 g/mol. The van der Waals surface area contributed by atoms with E-state index in [-0.39, 0.29) is 5.97 Å². The fourth-order valence-electron chi connectivity index (χ4n) is 2.86. The summed E-state index contributed by atoms with van der Waals surface area (Å²) in [5.41, 5.74) is 3.70. The standard InChI is InChI=1S/C19H19NO4/c1-12(21)24-16-7-5-4-6-14(16)19-15-11-18(23-3)17(22-2)10-13(15)8-9-20-19/h4-7,10-11H,8-9H2,1-3H3. The van der Waals surface area contributed by atoms with E-state index in [1.54, 1.807) is 20.3 Å². The Hall–Kier alpha value is -2.82. The predicted molar refractivity (Wildman–Crippen MR) is 91.5 cm³/mol. The summed E-state index contributed by atoms with van der Waals surface area (Å²) in [7, 11) is 3.23. The summed E-state index contributed by atoms with van der Waals surface area (Å²) < 4.78 is 16.1. The first kappa shape index (κ1) is 16.1. The summed E-state index contributed by atoms with van der Waals surface area (Å²) in [5, 5.41) is 0. The summed E-state index contributed by atoms with van der Waals surface area (Å²) in [6.45, 7) is 2.06. The lowest BCUT2D eigenvalue weighted by Gasteiger charge is -2.21. The number of ether oxygens (including phenoxy) is 3. The van der Waals surface area contributed by atoms with E-state index in [0.29, 0.717) is 23.8 Å². The maximum atomic E-state index is 11.4. The van der Waals surface area contributed by atoms with E-state index in [9.17, 15) is 4.79 Å². The van der Waals surface area contributed by atoms with Crippen molar-refractivity contribution in [3.63, 3.8) is 0 Å². The van der Waals surface area contributed by atoms with Crippen molar-refractivity contribution >= 4 is 11.7 Å². The van der Waals surface area contributed by atoms with Crippen LogP contribution in [0.3, 0.4) is 0 Å². The normalized spacial score (nSPS) is 12.9. The number of para-hydroxylation sites is 1. The van der Waals surface area contributed by atoms with Gasteiger partial charge in [-0.05, 0) is 36.2 Å². The number of aliphatic imine (C=N–C) groups is 1. The Balaban J connectivity index is 2.13. The van der Waals surface area contributed by atoms with Crippen LogP contribution in [0.2, 0.25) is 0 Å². The van der Waals surface area contributed by atoms with Crippen molar-refractivity contribution in [3.8, 4) is 17.2 Å². The molecule has 124 valence electrons. The van der Waals surface area contributed by atoms with Gasteiger partial charge in [-0.3, -0.25) is 9.79 Å². The molecule has 2 aromatic rings. The average molecular weight is 325 g/mol. The van der Waals surface area contributed by atoms with E-state index >= 15 is 0 Å². The Bertz CT molecular complexity index is 811. The van der Waals surface area contributed by atoms with Crippen LogP contribution in [-0.4, -0.2) is 32.4 Å². The summed E-state index contributed by atoms with van der Waals surface area (Å²) in [6, 6.07) is 11.3. The molecule has 1 aliphatic rings. The number of esters is 1. The lowest BCUT2D eigenvalue weighted by atomic mass is 9.92. The van der Waals surface area contributed by atoms with Gasteiger partial charge in [0, 0.05) is 24.6 Å². The third kappa shape index (κ3) is 2.97. The quantitative estimate of drug-likeness (QED) is 0.640. The monoisotopic (exact) mass is 325 g/mol. The Morgan fingerprint density at radius 2 is 1.71 bits per heavy atom. The Morgan fingerprint density at radius 1 is 1.00 bits per heavy atom. The SMILES string of the molecule is COc1cc2c(cc1OC)C(c1ccccc1OC(C)=O)=NCC2. The van der Waals surface area contributed by atoms with Crippen LogP contribution in [0.4, 0.5) is 0 Å².